The van der Waals surface area contributed by atoms with Crippen LogP contribution in [0.5, 0.6) is 0 Å². The molecule has 0 saturated heterocycles. The van der Waals surface area contributed by atoms with E-state index in [1.807, 2.05) is 0 Å². The Morgan fingerprint density at radius 2 is 2.33 bits per heavy atom. The first-order valence-corrected chi connectivity index (χ1v) is 3.78. The first-order chi connectivity index (χ1) is 3.95. The van der Waals surface area contributed by atoms with Crippen molar-refractivity contribution in [3.63, 3.8) is 0 Å². The van der Waals surface area contributed by atoms with E-state index < -0.39 is 14.0 Å². The lowest BCUT2D eigenvalue weighted by atomic mass is 10.6. The van der Waals surface area contributed by atoms with Gasteiger partial charge in [0, 0.05) is 0 Å². The minimum absolute atomic E-state index is 0.981. The summed E-state index contributed by atoms with van der Waals surface area (Å²) >= 11 is 0. The highest BCUT2D eigenvalue weighted by Crippen LogP contribution is 2.31. The summed E-state index contributed by atoms with van der Waals surface area (Å²) in [5.74, 6) is 0. The molecule has 0 rings (SSSR count). The quantitative estimate of drug-likeness (QED) is 0.288. The molecule has 0 aromatic rings. The van der Waals surface area contributed by atoms with E-state index in [0.29, 0.717) is 0 Å². The summed E-state index contributed by atoms with van der Waals surface area (Å²) in [4.78, 5) is 8.30. The maximum absolute atomic E-state index is 10.2. The minimum atomic E-state index is -3.93. The van der Waals surface area contributed by atoms with Crippen LogP contribution < -0.4 is 11.2 Å². The Labute approximate surface area is 52.9 Å². The Balaban J connectivity index is 3.74. The van der Waals surface area contributed by atoms with Crippen molar-refractivity contribution in [2.24, 2.45) is 11.2 Å². The number of hydrogen-bond donors (Lipinski definition) is 3. The fourth-order valence-electron chi connectivity index (χ4n) is 0.217. The topological polar surface area (TPSA) is 98.6 Å². The summed E-state index contributed by atoms with van der Waals surface area (Å²) in [6.07, 6.45) is 0.182. The summed E-state index contributed by atoms with van der Waals surface area (Å²) in [6.45, 7) is 3.21. The third-order valence-electron chi connectivity index (χ3n) is 0.505. The van der Waals surface area contributed by atoms with Crippen molar-refractivity contribution in [3.05, 3.63) is 12.7 Å². The van der Waals surface area contributed by atoms with Crippen molar-refractivity contribution in [3.8, 4) is 0 Å². The number of nitrogens with two attached hydrogens (primary N) is 2. The second-order valence-electron chi connectivity index (χ2n) is 1.37. The van der Waals surface area contributed by atoms with Crippen LogP contribution in [0.15, 0.2) is 12.7 Å². The van der Waals surface area contributed by atoms with Crippen molar-refractivity contribution in [1.29, 1.82) is 0 Å². The molecule has 5 nitrogen and oxygen atoms in total. The van der Waals surface area contributed by atoms with Gasteiger partial charge in [0.15, 0.2) is 0 Å². The van der Waals surface area contributed by atoms with Crippen LogP contribution in [0.1, 0.15) is 0 Å². The van der Waals surface area contributed by atoms with Crippen molar-refractivity contribution in [1.82, 2.24) is 0 Å². The van der Waals surface area contributed by atoms with Crippen LogP contribution in [0.25, 0.3) is 0 Å². The van der Waals surface area contributed by atoms with Crippen LogP contribution in [0.3, 0.4) is 0 Å². The standard InChI is InChI=1S/C3H9N2O3P/c1-2-3(4)8-9(5,6)7/h2-3H,1,4H2,(H3,5,6,7). The molecule has 0 aromatic heterocycles. The Hall–Kier alpha value is -0.190. The fraction of sp³-hybridized carbons (Fsp3) is 0.333. The van der Waals surface area contributed by atoms with Crippen molar-refractivity contribution >= 4 is 7.75 Å². The highest BCUT2D eigenvalue weighted by atomic mass is 31.2. The number of rotatable bonds is 3. The van der Waals surface area contributed by atoms with E-state index in [4.69, 9.17) is 10.6 Å². The summed E-state index contributed by atoms with van der Waals surface area (Å²) in [6, 6.07) is 0. The molecule has 0 aliphatic rings. The smallest absolute Gasteiger partial charge is 0.313 e. The predicted molar refractivity (Wildman–Crippen MR) is 33.3 cm³/mol. The van der Waals surface area contributed by atoms with Gasteiger partial charge in [-0.1, -0.05) is 6.58 Å². The summed E-state index contributed by atoms with van der Waals surface area (Å²) in [5.41, 5.74) is 9.58. The Bertz CT molecular complexity index is 142. The lowest BCUT2D eigenvalue weighted by Gasteiger charge is -2.08. The molecule has 54 valence electrons. The van der Waals surface area contributed by atoms with Crippen LogP contribution in [0.2, 0.25) is 0 Å². The molecule has 0 aliphatic carbocycles. The highest BCUT2D eigenvalue weighted by molar-refractivity contribution is 7.50. The number of hydrogen-bond acceptors (Lipinski definition) is 3. The van der Waals surface area contributed by atoms with Gasteiger partial charge in [0.1, 0.15) is 6.23 Å². The zero-order chi connectivity index (χ0) is 7.49. The van der Waals surface area contributed by atoms with Crippen molar-refractivity contribution in [2.45, 2.75) is 6.23 Å². The molecule has 0 saturated carbocycles. The largest absolute Gasteiger partial charge is 0.402 e. The van der Waals surface area contributed by atoms with Gasteiger partial charge in [-0.2, -0.15) is 0 Å². The first-order valence-electron chi connectivity index (χ1n) is 2.13. The van der Waals surface area contributed by atoms with Gasteiger partial charge in [-0.3, -0.25) is 4.52 Å². The maximum atomic E-state index is 10.2. The van der Waals surface area contributed by atoms with Gasteiger partial charge in [0.05, 0.1) is 0 Å². The zero-order valence-corrected chi connectivity index (χ0v) is 5.62. The Morgan fingerprint density at radius 1 is 1.89 bits per heavy atom. The van der Waals surface area contributed by atoms with Crippen LogP contribution in [0.4, 0.5) is 0 Å². The maximum Gasteiger partial charge on any atom is 0.402 e. The molecular formula is C3H9N2O3P. The molecule has 0 bridgehead atoms. The SMILES string of the molecule is C=CC(N)OP(N)(=O)O. The van der Waals surface area contributed by atoms with E-state index in [1.54, 1.807) is 0 Å². The molecule has 0 radical (unpaired) electrons. The van der Waals surface area contributed by atoms with E-state index in [-0.39, 0.29) is 0 Å². The molecule has 6 heteroatoms. The molecule has 0 amide bonds. The van der Waals surface area contributed by atoms with Gasteiger partial charge < -0.3 is 10.6 Å². The van der Waals surface area contributed by atoms with Crippen LogP contribution >= 0.6 is 7.75 Å². The minimum Gasteiger partial charge on any atom is -0.313 e. The van der Waals surface area contributed by atoms with E-state index in [9.17, 15) is 4.57 Å². The Kier molecular flexibility index (Phi) is 3.03. The Morgan fingerprint density at radius 3 is 2.44 bits per heavy atom. The van der Waals surface area contributed by atoms with E-state index >= 15 is 0 Å². The zero-order valence-electron chi connectivity index (χ0n) is 4.73. The van der Waals surface area contributed by atoms with E-state index in [1.165, 1.54) is 0 Å². The highest BCUT2D eigenvalue weighted by Gasteiger charge is 2.13. The van der Waals surface area contributed by atoms with Crippen LogP contribution in [0, 0.1) is 0 Å². The fourth-order valence-corrected chi connectivity index (χ4v) is 0.652. The third-order valence-corrected chi connectivity index (χ3v) is 1.05. The molecular weight excluding hydrogens is 143 g/mol. The van der Waals surface area contributed by atoms with Gasteiger partial charge in [-0.25, -0.2) is 10.1 Å². The first kappa shape index (κ1) is 8.81. The molecule has 5 N–H and O–H groups in total. The van der Waals surface area contributed by atoms with Gasteiger partial charge >= 0.3 is 7.75 Å². The normalized spacial score (nSPS) is 20.3. The molecule has 9 heavy (non-hydrogen) atoms. The lowest BCUT2D eigenvalue weighted by molar-refractivity contribution is 0.217. The molecule has 0 aromatic carbocycles. The van der Waals surface area contributed by atoms with Gasteiger partial charge in [-0.15, -0.1) is 0 Å². The molecule has 2 unspecified atom stereocenters. The summed E-state index contributed by atoms with van der Waals surface area (Å²) in [5, 5.41) is 0. The van der Waals surface area contributed by atoms with Crippen molar-refractivity contribution < 1.29 is 14.0 Å². The average molecular weight is 152 g/mol. The molecule has 2 atom stereocenters. The average Bonchev–Trinajstić information content (AvgIpc) is 1.62. The second-order valence-corrected chi connectivity index (χ2v) is 2.71. The predicted octanol–water partition coefficient (Wildman–Crippen LogP) is -0.467. The van der Waals surface area contributed by atoms with Gasteiger partial charge in [0.25, 0.3) is 0 Å². The van der Waals surface area contributed by atoms with Crippen LogP contribution in [-0.4, -0.2) is 11.1 Å². The van der Waals surface area contributed by atoms with Gasteiger partial charge in [-0.05, 0) is 6.08 Å². The summed E-state index contributed by atoms with van der Waals surface area (Å²) in [7, 11) is -3.93. The summed E-state index contributed by atoms with van der Waals surface area (Å²) < 4.78 is 14.3. The molecule has 0 heterocycles. The third kappa shape index (κ3) is 5.68. The molecule has 0 spiro atoms. The lowest BCUT2D eigenvalue weighted by Crippen LogP contribution is -2.20. The monoisotopic (exact) mass is 152 g/mol. The second kappa shape index (κ2) is 3.10. The molecule has 0 fully saturated rings. The van der Waals surface area contributed by atoms with Crippen molar-refractivity contribution in [2.75, 3.05) is 0 Å². The van der Waals surface area contributed by atoms with E-state index in [0.717, 1.165) is 6.08 Å². The van der Waals surface area contributed by atoms with Gasteiger partial charge in [0.2, 0.25) is 0 Å². The molecule has 0 aliphatic heterocycles. The van der Waals surface area contributed by atoms with Crippen LogP contribution in [-0.2, 0) is 9.09 Å². The van der Waals surface area contributed by atoms with E-state index in [2.05, 4.69) is 16.6 Å².